The molecule has 0 radical (unpaired) electrons. The zero-order valence-electron chi connectivity index (χ0n) is 15.6. The molecule has 9 heteroatoms. The number of halogens is 1. The number of nitrogens with one attached hydrogen (secondary N) is 1. The van der Waals surface area contributed by atoms with Crippen molar-refractivity contribution in [3.63, 3.8) is 0 Å². The number of rotatable bonds is 2. The van der Waals surface area contributed by atoms with E-state index in [2.05, 4.69) is 19.9 Å². The molecule has 3 aromatic heterocycles. The van der Waals surface area contributed by atoms with Crippen molar-refractivity contribution >= 4 is 22.2 Å². The number of imidazole rings is 2. The molecule has 0 saturated carbocycles. The first kappa shape index (κ1) is 16.9. The summed E-state index contributed by atoms with van der Waals surface area (Å²) in [7, 11) is 0. The van der Waals surface area contributed by atoms with E-state index in [1.54, 1.807) is 33.8 Å². The highest BCUT2D eigenvalue weighted by Crippen LogP contribution is 2.36. The number of aromatic nitrogens is 6. The van der Waals surface area contributed by atoms with Gasteiger partial charge in [0.15, 0.2) is 17.2 Å². The van der Waals surface area contributed by atoms with E-state index in [0.29, 0.717) is 35.7 Å². The topological polar surface area (TPSA) is 90.6 Å². The first-order chi connectivity index (χ1) is 14.7. The molecule has 8 nitrogen and oxygen atoms in total. The molecule has 0 unspecified atom stereocenters. The molecule has 5 aromatic rings. The minimum absolute atomic E-state index is 0.185. The highest BCUT2D eigenvalue weighted by atomic mass is 19.1. The first-order valence-corrected chi connectivity index (χ1v) is 9.51. The zero-order chi connectivity index (χ0) is 20.2. The predicted octanol–water partition coefficient (Wildman–Crippen LogP) is 2.97. The number of ether oxygens (including phenoxy) is 1. The minimum atomic E-state index is -0.440. The Bertz CT molecular complexity index is 1480. The number of para-hydroxylation sites is 3. The third-order valence-corrected chi connectivity index (χ3v) is 5.42. The molecule has 0 spiro atoms. The quantitative estimate of drug-likeness (QED) is 0.490. The number of hydrogen-bond acceptors (Lipinski definition) is 5. The summed E-state index contributed by atoms with van der Waals surface area (Å²) in [4.78, 5) is 29.1. The van der Waals surface area contributed by atoms with Gasteiger partial charge in [0, 0.05) is 12.0 Å². The normalized spacial score (nSPS) is 16.0. The number of H-pyrrole nitrogens is 1. The average Bonchev–Trinajstić information content (AvgIpc) is 3.33. The highest BCUT2D eigenvalue weighted by molar-refractivity contribution is 5.77. The fraction of sp³-hybridized carbons (Fsp3) is 0.143. The van der Waals surface area contributed by atoms with E-state index in [0.717, 1.165) is 11.0 Å². The smallest absolute Gasteiger partial charge is 0.328 e. The third-order valence-electron chi connectivity index (χ3n) is 5.42. The molecular formula is C21H15FN6O2. The maximum atomic E-state index is 14.2. The van der Waals surface area contributed by atoms with E-state index in [4.69, 9.17) is 4.74 Å². The number of fused-ring (bicyclic) bond motifs is 3. The summed E-state index contributed by atoms with van der Waals surface area (Å²) in [6.45, 7) is 0.307. The SMILES string of the molecule is O=c1[nH]c2cnc(-n3cnc4ccccc43)nc2n1[C@H]1CCOc2c(F)cccc21. The van der Waals surface area contributed by atoms with Crippen LogP contribution in [-0.2, 0) is 0 Å². The Hall–Kier alpha value is -4.01. The lowest BCUT2D eigenvalue weighted by molar-refractivity contribution is 0.244. The monoisotopic (exact) mass is 402 g/mol. The molecule has 0 fully saturated rings. The lowest BCUT2D eigenvalue weighted by atomic mass is 10.00. The van der Waals surface area contributed by atoms with Gasteiger partial charge in [0.2, 0.25) is 5.95 Å². The van der Waals surface area contributed by atoms with Gasteiger partial charge in [-0.3, -0.25) is 9.13 Å². The van der Waals surface area contributed by atoms with Crippen LogP contribution in [0.15, 0.2) is 59.8 Å². The molecular weight excluding hydrogens is 387 g/mol. The Balaban J connectivity index is 1.57. The van der Waals surface area contributed by atoms with Crippen molar-refractivity contribution in [3.8, 4) is 11.7 Å². The van der Waals surface area contributed by atoms with Crippen molar-refractivity contribution < 1.29 is 9.13 Å². The van der Waals surface area contributed by atoms with Gasteiger partial charge in [-0.05, 0) is 18.2 Å². The van der Waals surface area contributed by atoms with Gasteiger partial charge in [-0.15, -0.1) is 0 Å². The van der Waals surface area contributed by atoms with Crippen LogP contribution in [0.5, 0.6) is 5.75 Å². The van der Waals surface area contributed by atoms with E-state index in [1.807, 2.05) is 24.3 Å². The van der Waals surface area contributed by atoms with Gasteiger partial charge < -0.3 is 9.72 Å². The fourth-order valence-corrected chi connectivity index (χ4v) is 4.07. The number of aromatic amines is 1. The Labute approximate surface area is 168 Å². The second-order valence-corrected chi connectivity index (χ2v) is 7.12. The van der Waals surface area contributed by atoms with Crippen LogP contribution in [0.3, 0.4) is 0 Å². The lowest BCUT2D eigenvalue weighted by Crippen LogP contribution is -2.28. The van der Waals surface area contributed by atoms with Crippen molar-refractivity contribution in [2.45, 2.75) is 12.5 Å². The molecule has 1 aliphatic heterocycles. The first-order valence-electron chi connectivity index (χ1n) is 9.51. The summed E-state index contributed by atoms with van der Waals surface area (Å²) in [5, 5.41) is 0. The maximum absolute atomic E-state index is 14.2. The lowest BCUT2D eigenvalue weighted by Gasteiger charge is -2.26. The van der Waals surface area contributed by atoms with E-state index >= 15 is 0 Å². The van der Waals surface area contributed by atoms with Crippen molar-refractivity contribution in [3.05, 3.63) is 76.9 Å². The van der Waals surface area contributed by atoms with Crippen molar-refractivity contribution in [2.24, 2.45) is 0 Å². The third kappa shape index (κ3) is 2.38. The molecule has 0 saturated heterocycles. The Morgan fingerprint density at radius 3 is 2.97 bits per heavy atom. The number of nitrogens with zero attached hydrogens (tertiary/aromatic N) is 5. The summed E-state index contributed by atoms with van der Waals surface area (Å²) in [6.07, 6.45) is 3.76. The standard InChI is InChI=1S/C21H15FN6O2/c22-13-5-3-4-12-16(8-9-30-18(12)13)28-19-15(25-21(28)29)10-23-20(26-19)27-11-24-14-6-1-2-7-17(14)27/h1-7,10-11,16H,8-9H2,(H,25,29)/t16-/m0/s1. The summed E-state index contributed by atoms with van der Waals surface area (Å²) in [5.41, 5.74) is 2.94. The van der Waals surface area contributed by atoms with Crippen LogP contribution in [0.2, 0.25) is 0 Å². The zero-order valence-corrected chi connectivity index (χ0v) is 15.6. The Morgan fingerprint density at radius 2 is 2.03 bits per heavy atom. The minimum Gasteiger partial charge on any atom is -0.490 e. The molecule has 0 amide bonds. The van der Waals surface area contributed by atoms with E-state index in [-0.39, 0.29) is 11.4 Å². The summed E-state index contributed by atoms with van der Waals surface area (Å²) in [6, 6.07) is 12.0. The molecule has 1 N–H and O–H groups in total. The molecule has 0 bridgehead atoms. The molecule has 148 valence electrons. The van der Waals surface area contributed by atoms with Crippen molar-refractivity contribution in [1.29, 1.82) is 0 Å². The van der Waals surface area contributed by atoms with Gasteiger partial charge >= 0.3 is 5.69 Å². The van der Waals surface area contributed by atoms with Crippen molar-refractivity contribution in [2.75, 3.05) is 6.61 Å². The molecule has 6 rings (SSSR count). The van der Waals surface area contributed by atoms with Crippen LogP contribution in [-0.4, -0.2) is 35.7 Å². The highest BCUT2D eigenvalue weighted by Gasteiger charge is 2.28. The van der Waals surface area contributed by atoms with E-state index in [1.165, 1.54) is 6.07 Å². The van der Waals surface area contributed by atoms with Gasteiger partial charge in [0.1, 0.15) is 11.8 Å². The molecule has 2 aromatic carbocycles. The van der Waals surface area contributed by atoms with Gasteiger partial charge in [-0.2, -0.15) is 4.98 Å². The van der Waals surface area contributed by atoms with Gasteiger partial charge in [-0.25, -0.2) is 19.2 Å². The van der Waals surface area contributed by atoms with Crippen LogP contribution in [0.4, 0.5) is 4.39 Å². The van der Waals surface area contributed by atoms with Gasteiger partial charge in [0.05, 0.1) is 29.9 Å². The molecule has 1 aliphatic rings. The molecule has 4 heterocycles. The summed E-state index contributed by atoms with van der Waals surface area (Å²) < 4.78 is 23.1. The van der Waals surface area contributed by atoms with Gasteiger partial charge in [-0.1, -0.05) is 24.3 Å². The Kier molecular flexibility index (Phi) is 3.52. The summed E-state index contributed by atoms with van der Waals surface area (Å²) in [5.74, 6) is 0.144. The van der Waals surface area contributed by atoms with Gasteiger partial charge in [0.25, 0.3) is 0 Å². The largest absolute Gasteiger partial charge is 0.490 e. The van der Waals surface area contributed by atoms with E-state index in [9.17, 15) is 9.18 Å². The molecule has 30 heavy (non-hydrogen) atoms. The second-order valence-electron chi connectivity index (χ2n) is 7.12. The van der Waals surface area contributed by atoms with Crippen LogP contribution in [0, 0.1) is 5.82 Å². The average molecular weight is 402 g/mol. The summed E-state index contributed by atoms with van der Waals surface area (Å²) >= 11 is 0. The molecule has 1 atom stereocenters. The number of benzene rings is 2. The van der Waals surface area contributed by atoms with Crippen LogP contribution >= 0.6 is 0 Å². The van der Waals surface area contributed by atoms with E-state index < -0.39 is 11.9 Å². The maximum Gasteiger partial charge on any atom is 0.328 e. The Morgan fingerprint density at radius 1 is 1.13 bits per heavy atom. The van der Waals surface area contributed by atoms with Crippen LogP contribution in [0.1, 0.15) is 18.0 Å². The van der Waals surface area contributed by atoms with Crippen LogP contribution in [0.25, 0.3) is 28.1 Å². The predicted molar refractivity (Wildman–Crippen MR) is 107 cm³/mol. The molecule has 0 aliphatic carbocycles. The van der Waals surface area contributed by atoms with Crippen LogP contribution < -0.4 is 10.4 Å². The number of hydrogen-bond donors (Lipinski definition) is 1. The second kappa shape index (κ2) is 6.24. The van der Waals surface area contributed by atoms with Crippen molar-refractivity contribution in [1.82, 2.24) is 29.1 Å². The fourth-order valence-electron chi connectivity index (χ4n) is 4.07.